The van der Waals surface area contributed by atoms with Gasteiger partial charge in [0.1, 0.15) is 0 Å². The Morgan fingerprint density at radius 2 is 2.17 bits per heavy atom. The van der Waals surface area contributed by atoms with E-state index in [2.05, 4.69) is 40.5 Å². The first-order valence-electron chi connectivity index (χ1n) is 6.36. The SMILES string of the molecule is CCCNC(c1ccnc(C)c1)c1ccnn1C. The first-order valence-corrected chi connectivity index (χ1v) is 6.36. The Hall–Kier alpha value is -1.68. The van der Waals surface area contributed by atoms with Crippen molar-refractivity contribution in [1.82, 2.24) is 20.1 Å². The lowest BCUT2D eigenvalue weighted by atomic mass is 10.0. The van der Waals surface area contributed by atoms with Crippen LogP contribution >= 0.6 is 0 Å². The molecule has 0 aliphatic carbocycles. The van der Waals surface area contributed by atoms with Crippen molar-refractivity contribution in [2.75, 3.05) is 6.54 Å². The van der Waals surface area contributed by atoms with Crippen molar-refractivity contribution in [2.45, 2.75) is 26.3 Å². The molecular weight excluding hydrogens is 224 g/mol. The van der Waals surface area contributed by atoms with Crippen LogP contribution in [0.1, 0.15) is 36.3 Å². The summed E-state index contributed by atoms with van der Waals surface area (Å²) in [6.07, 6.45) is 4.81. The van der Waals surface area contributed by atoms with Crippen LogP contribution in [0.3, 0.4) is 0 Å². The van der Waals surface area contributed by atoms with Crippen LogP contribution in [-0.2, 0) is 7.05 Å². The van der Waals surface area contributed by atoms with Gasteiger partial charge >= 0.3 is 0 Å². The maximum atomic E-state index is 4.26. The molecule has 4 nitrogen and oxygen atoms in total. The molecule has 2 aromatic rings. The standard InChI is InChI=1S/C14H20N4/c1-4-7-16-14(13-6-9-17-18(13)3)12-5-8-15-11(2)10-12/h5-6,8-10,14,16H,4,7H2,1-3H3. The zero-order valence-electron chi connectivity index (χ0n) is 11.2. The Balaban J connectivity index is 2.33. The molecule has 0 radical (unpaired) electrons. The van der Waals surface area contributed by atoms with E-state index in [0.717, 1.165) is 18.7 Å². The summed E-state index contributed by atoms with van der Waals surface area (Å²) in [4.78, 5) is 4.26. The van der Waals surface area contributed by atoms with Crippen LogP contribution in [0.5, 0.6) is 0 Å². The highest BCUT2D eigenvalue weighted by Crippen LogP contribution is 2.21. The molecule has 0 saturated carbocycles. The highest BCUT2D eigenvalue weighted by atomic mass is 15.3. The summed E-state index contributed by atoms with van der Waals surface area (Å²) >= 11 is 0. The average molecular weight is 244 g/mol. The molecule has 0 amide bonds. The number of nitrogens with zero attached hydrogens (tertiary/aromatic N) is 3. The van der Waals surface area contributed by atoms with Crippen LogP contribution in [0.2, 0.25) is 0 Å². The number of pyridine rings is 1. The van der Waals surface area contributed by atoms with Crippen molar-refractivity contribution in [3.8, 4) is 0 Å². The van der Waals surface area contributed by atoms with Gasteiger partial charge in [-0.05, 0) is 43.7 Å². The van der Waals surface area contributed by atoms with Crippen LogP contribution in [0, 0.1) is 6.92 Å². The lowest BCUT2D eigenvalue weighted by Gasteiger charge is -2.19. The molecule has 2 aromatic heterocycles. The van der Waals surface area contributed by atoms with Gasteiger partial charge in [0.15, 0.2) is 0 Å². The Bertz CT molecular complexity index is 504. The van der Waals surface area contributed by atoms with Gasteiger partial charge in [0.05, 0.1) is 11.7 Å². The highest BCUT2D eigenvalue weighted by Gasteiger charge is 2.16. The molecule has 1 unspecified atom stereocenters. The van der Waals surface area contributed by atoms with E-state index in [9.17, 15) is 0 Å². The van der Waals surface area contributed by atoms with E-state index in [4.69, 9.17) is 0 Å². The third-order valence-corrected chi connectivity index (χ3v) is 3.01. The summed E-state index contributed by atoms with van der Waals surface area (Å²) in [5.74, 6) is 0. The van der Waals surface area contributed by atoms with Crippen molar-refractivity contribution < 1.29 is 0 Å². The van der Waals surface area contributed by atoms with E-state index in [0.29, 0.717) is 0 Å². The van der Waals surface area contributed by atoms with Gasteiger partial charge in [-0.25, -0.2) is 0 Å². The van der Waals surface area contributed by atoms with Crippen molar-refractivity contribution >= 4 is 0 Å². The predicted molar refractivity (Wildman–Crippen MR) is 72.3 cm³/mol. The molecule has 4 heteroatoms. The molecule has 2 heterocycles. The second-order valence-corrected chi connectivity index (χ2v) is 4.50. The lowest BCUT2D eigenvalue weighted by molar-refractivity contribution is 0.553. The number of rotatable bonds is 5. The normalized spacial score (nSPS) is 12.6. The van der Waals surface area contributed by atoms with Crippen LogP contribution in [0.25, 0.3) is 0 Å². The van der Waals surface area contributed by atoms with Gasteiger partial charge in [-0.1, -0.05) is 6.92 Å². The summed E-state index contributed by atoms with van der Waals surface area (Å²) in [6, 6.07) is 6.43. The monoisotopic (exact) mass is 244 g/mol. The quantitative estimate of drug-likeness (QED) is 0.877. The Labute approximate surface area is 108 Å². The average Bonchev–Trinajstić information content (AvgIpc) is 2.77. The zero-order chi connectivity index (χ0) is 13.0. The Morgan fingerprint density at radius 3 is 2.78 bits per heavy atom. The molecule has 0 bridgehead atoms. The van der Waals surface area contributed by atoms with E-state index in [1.807, 2.05) is 31.0 Å². The maximum Gasteiger partial charge on any atom is 0.0749 e. The second-order valence-electron chi connectivity index (χ2n) is 4.50. The van der Waals surface area contributed by atoms with E-state index < -0.39 is 0 Å². The molecule has 2 rings (SSSR count). The fourth-order valence-electron chi connectivity index (χ4n) is 2.10. The third-order valence-electron chi connectivity index (χ3n) is 3.01. The zero-order valence-corrected chi connectivity index (χ0v) is 11.2. The molecule has 1 atom stereocenters. The van der Waals surface area contributed by atoms with E-state index in [1.54, 1.807) is 0 Å². The molecule has 0 aromatic carbocycles. The highest BCUT2D eigenvalue weighted by molar-refractivity contribution is 5.27. The van der Waals surface area contributed by atoms with Gasteiger partial charge in [-0.2, -0.15) is 5.10 Å². The molecule has 0 aliphatic rings. The van der Waals surface area contributed by atoms with Crippen molar-refractivity contribution in [3.05, 3.63) is 47.5 Å². The maximum absolute atomic E-state index is 4.26. The molecule has 96 valence electrons. The molecule has 18 heavy (non-hydrogen) atoms. The summed E-state index contributed by atoms with van der Waals surface area (Å²) in [5, 5.41) is 7.82. The summed E-state index contributed by atoms with van der Waals surface area (Å²) in [5.41, 5.74) is 3.45. The number of hydrogen-bond donors (Lipinski definition) is 1. The smallest absolute Gasteiger partial charge is 0.0749 e. The van der Waals surface area contributed by atoms with Crippen LogP contribution < -0.4 is 5.32 Å². The first kappa shape index (κ1) is 12.8. The van der Waals surface area contributed by atoms with Gasteiger partial charge in [0, 0.05) is 25.1 Å². The van der Waals surface area contributed by atoms with Crippen LogP contribution in [0.15, 0.2) is 30.6 Å². The minimum absolute atomic E-state index is 0.180. The van der Waals surface area contributed by atoms with Crippen molar-refractivity contribution in [1.29, 1.82) is 0 Å². The van der Waals surface area contributed by atoms with Crippen LogP contribution in [0.4, 0.5) is 0 Å². The first-order chi connectivity index (χ1) is 8.72. The van der Waals surface area contributed by atoms with Gasteiger partial charge < -0.3 is 5.32 Å². The molecule has 0 aliphatic heterocycles. The Morgan fingerprint density at radius 1 is 1.33 bits per heavy atom. The van der Waals surface area contributed by atoms with Gasteiger partial charge in [0.25, 0.3) is 0 Å². The van der Waals surface area contributed by atoms with Gasteiger partial charge in [0.2, 0.25) is 0 Å². The summed E-state index contributed by atoms with van der Waals surface area (Å²) < 4.78 is 1.92. The predicted octanol–water partition coefficient (Wildman–Crippen LogP) is 2.21. The van der Waals surface area contributed by atoms with Crippen molar-refractivity contribution in [3.63, 3.8) is 0 Å². The molecule has 0 saturated heterocycles. The van der Waals surface area contributed by atoms with Crippen molar-refractivity contribution in [2.24, 2.45) is 7.05 Å². The number of hydrogen-bond acceptors (Lipinski definition) is 3. The van der Waals surface area contributed by atoms with E-state index in [1.165, 1.54) is 11.3 Å². The number of aryl methyl sites for hydroxylation is 2. The molecule has 0 spiro atoms. The third kappa shape index (κ3) is 2.76. The molecular formula is C14H20N4. The fraction of sp³-hybridized carbons (Fsp3) is 0.429. The van der Waals surface area contributed by atoms with E-state index >= 15 is 0 Å². The molecule has 1 N–H and O–H groups in total. The Kier molecular flexibility index (Phi) is 4.10. The molecule has 0 fully saturated rings. The number of aromatic nitrogens is 3. The van der Waals surface area contributed by atoms with Crippen LogP contribution in [-0.4, -0.2) is 21.3 Å². The summed E-state index contributed by atoms with van der Waals surface area (Å²) in [6.45, 7) is 5.17. The minimum Gasteiger partial charge on any atom is -0.305 e. The van der Waals surface area contributed by atoms with Gasteiger partial charge in [-0.3, -0.25) is 9.67 Å². The largest absolute Gasteiger partial charge is 0.305 e. The number of nitrogens with one attached hydrogen (secondary N) is 1. The topological polar surface area (TPSA) is 42.7 Å². The minimum atomic E-state index is 0.180. The van der Waals surface area contributed by atoms with E-state index in [-0.39, 0.29) is 6.04 Å². The lowest BCUT2D eigenvalue weighted by Crippen LogP contribution is -2.25. The fourth-order valence-corrected chi connectivity index (χ4v) is 2.10. The summed E-state index contributed by atoms with van der Waals surface area (Å²) in [7, 11) is 1.98. The van der Waals surface area contributed by atoms with Gasteiger partial charge in [-0.15, -0.1) is 0 Å². The second kappa shape index (κ2) is 5.78.